The van der Waals surface area contributed by atoms with Crippen molar-refractivity contribution in [2.45, 2.75) is 19.4 Å². The SMILES string of the molecule is COCCCNC(=O)C(C)Oc1ccc(C=O)cc1Cl. The molecule has 0 saturated heterocycles. The fourth-order valence-electron chi connectivity index (χ4n) is 1.50. The van der Waals surface area contributed by atoms with E-state index in [1.165, 1.54) is 6.07 Å². The first kappa shape index (κ1) is 16.5. The Labute approximate surface area is 123 Å². The van der Waals surface area contributed by atoms with Gasteiger partial charge in [-0.25, -0.2) is 0 Å². The van der Waals surface area contributed by atoms with Crippen LogP contribution in [-0.2, 0) is 9.53 Å². The molecule has 0 heterocycles. The summed E-state index contributed by atoms with van der Waals surface area (Å²) in [5, 5.41) is 3.04. The number of carbonyl (C=O) groups is 2. The number of rotatable bonds is 8. The highest BCUT2D eigenvalue weighted by molar-refractivity contribution is 6.32. The van der Waals surface area contributed by atoms with Crippen molar-refractivity contribution in [3.8, 4) is 5.75 Å². The Morgan fingerprint density at radius 3 is 2.85 bits per heavy atom. The molecule has 0 aliphatic heterocycles. The molecule has 0 spiro atoms. The minimum Gasteiger partial charge on any atom is -0.479 e. The van der Waals surface area contributed by atoms with Crippen LogP contribution in [0.1, 0.15) is 23.7 Å². The van der Waals surface area contributed by atoms with E-state index in [-0.39, 0.29) is 5.91 Å². The molecule has 0 saturated carbocycles. The first-order valence-corrected chi connectivity index (χ1v) is 6.64. The predicted molar refractivity (Wildman–Crippen MR) is 76.4 cm³/mol. The Kier molecular flexibility index (Phi) is 7.04. The van der Waals surface area contributed by atoms with E-state index in [1.54, 1.807) is 26.2 Å². The maximum atomic E-state index is 11.8. The Bertz CT molecular complexity index is 464. The molecule has 1 aromatic carbocycles. The second-order valence-electron chi connectivity index (χ2n) is 4.21. The molecular weight excluding hydrogens is 282 g/mol. The molecule has 0 aromatic heterocycles. The molecule has 5 nitrogen and oxygen atoms in total. The van der Waals surface area contributed by atoms with Crippen molar-refractivity contribution in [2.24, 2.45) is 0 Å². The van der Waals surface area contributed by atoms with Crippen molar-refractivity contribution in [3.63, 3.8) is 0 Å². The summed E-state index contributed by atoms with van der Waals surface area (Å²) in [7, 11) is 1.61. The molecule has 1 N–H and O–H groups in total. The Balaban J connectivity index is 2.50. The second kappa shape index (κ2) is 8.55. The maximum Gasteiger partial charge on any atom is 0.260 e. The fourth-order valence-corrected chi connectivity index (χ4v) is 1.74. The highest BCUT2D eigenvalue weighted by Crippen LogP contribution is 2.25. The molecule has 0 aliphatic rings. The van der Waals surface area contributed by atoms with E-state index in [1.807, 2.05) is 0 Å². The molecule has 0 radical (unpaired) electrons. The zero-order valence-corrected chi connectivity index (χ0v) is 12.3. The van der Waals surface area contributed by atoms with Crippen LogP contribution in [0, 0.1) is 0 Å². The van der Waals surface area contributed by atoms with Gasteiger partial charge in [0, 0.05) is 25.8 Å². The Morgan fingerprint density at radius 1 is 1.50 bits per heavy atom. The van der Waals surface area contributed by atoms with Crippen molar-refractivity contribution < 1.29 is 19.1 Å². The molecule has 1 amide bonds. The average molecular weight is 300 g/mol. The largest absolute Gasteiger partial charge is 0.479 e. The third kappa shape index (κ3) is 5.19. The lowest BCUT2D eigenvalue weighted by Gasteiger charge is -2.15. The molecule has 0 fully saturated rings. The molecule has 6 heteroatoms. The second-order valence-corrected chi connectivity index (χ2v) is 4.61. The van der Waals surface area contributed by atoms with Crippen molar-refractivity contribution in [2.75, 3.05) is 20.3 Å². The lowest BCUT2D eigenvalue weighted by Crippen LogP contribution is -2.37. The van der Waals surface area contributed by atoms with Crippen LogP contribution in [0.15, 0.2) is 18.2 Å². The molecule has 0 bridgehead atoms. The van der Waals surface area contributed by atoms with E-state index in [2.05, 4.69) is 5.32 Å². The first-order chi connectivity index (χ1) is 9.58. The molecular formula is C14H18ClNO4. The number of hydrogen-bond donors (Lipinski definition) is 1. The van der Waals surface area contributed by atoms with Gasteiger partial charge in [0.15, 0.2) is 6.10 Å². The van der Waals surface area contributed by atoms with Gasteiger partial charge in [-0.15, -0.1) is 0 Å². The zero-order valence-electron chi connectivity index (χ0n) is 11.5. The highest BCUT2D eigenvalue weighted by Gasteiger charge is 2.15. The number of benzene rings is 1. The van der Waals surface area contributed by atoms with E-state index >= 15 is 0 Å². The predicted octanol–water partition coefficient (Wildman–Crippen LogP) is 2.07. The minimum atomic E-state index is -0.669. The molecule has 1 atom stereocenters. The summed E-state index contributed by atoms with van der Waals surface area (Å²) in [6.07, 6.45) is 0.767. The first-order valence-electron chi connectivity index (χ1n) is 6.26. The van der Waals surface area contributed by atoms with Gasteiger partial charge in [0.2, 0.25) is 0 Å². The Hall–Kier alpha value is -1.59. The molecule has 1 rings (SSSR count). The van der Waals surface area contributed by atoms with Crippen molar-refractivity contribution in [3.05, 3.63) is 28.8 Å². The van der Waals surface area contributed by atoms with Gasteiger partial charge < -0.3 is 14.8 Å². The molecule has 1 aromatic rings. The van der Waals surface area contributed by atoms with Crippen LogP contribution >= 0.6 is 11.6 Å². The summed E-state index contributed by atoms with van der Waals surface area (Å²) in [5.41, 5.74) is 0.457. The molecule has 1 unspecified atom stereocenters. The van der Waals surface area contributed by atoms with Gasteiger partial charge in [-0.2, -0.15) is 0 Å². The lowest BCUT2D eigenvalue weighted by atomic mass is 10.2. The minimum absolute atomic E-state index is 0.225. The fraction of sp³-hybridized carbons (Fsp3) is 0.429. The van der Waals surface area contributed by atoms with E-state index in [0.717, 1.165) is 6.42 Å². The van der Waals surface area contributed by atoms with Crippen LogP contribution in [0.2, 0.25) is 5.02 Å². The van der Waals surface area contributed by atoms with E-state index < -0.39 is 6.10 Å². The molecule has 0 aliphatic carbocycles. The maximum absolute atomic E-state index is 11.8. The van der Waals surface area contributed by atoms with Crippen molar-refractivity contribution in [1.29, 1.82) is 0 Å². The van der Waals surface area contributed by atoms with Crippen molar-refractivity contribution in [1.82, 2.24) is 5.32 Å². The number of ether oxygens (including phenoxy) is 2. The van der Waals surface area contributed by atoms with Gasteiger partial charge in [0.1, 0.15) is 12.0 Å². The standard InChI is InChI=1S/C14H18ClNO4/c1-10(14(18)16-6-3-7-19-2)20-13-5-4-11(9-17)8-12(13)15/h4-5,8-10H,3,6-7H2,1-2H3,(H,16,18). The van der Waals surface area contributed by atoms with E-state index in [9.17, 15) is 9.59 Å². The quantitative estimate of drug-likeness (QED) is 0.589. The third-order valence-corrected chi connectivity index (χ3v) is 2.88. The lowest BCUT2D eigenvalue weighted by molar-refractivity contribution is -0.127. The third-order valence-electron chi connectivity index (χ3n) is 2.59. The van der Waals surface area contributed by atoms with Gasteiger partial charge in [-0.1, -0.05) is 11.6 Å². The van der Waals surface area contributed by atoms with E-state index in [4.69, 9.17) is 21.1 Å². The van der Waals surface area contributed by atoms with E-state index in [0.29, 0.717) is 35.8 Å². The van der Waals surface area contributed by atoms with Gasteiger partial charge in [-0.3, -0.25) is 9.59 Å². The smallest absolute Gasteiger partial charge is 0.260 e. The summed E-state index contributed by atoms with van der Waals surface area (Å²) >= 11 is 5.97. The average Bonchev–Trinajstić information content (AvgIpc) is 2.45. The number of nitrogens with one attached hydrogen (secondary N) is 1. The van der Waals surface area contributed by atoms with Crippen LogP contribution < -0.4 is 10.1 Å². The van der Waals surface area contributed by atoms with Gasteiger partial charge >= 0.3 is 0 Å². The summed E-state index contributed by atoms with van der Waals surface area (Å²) in [6.45, 7) is 2.75. The number of aldehydes is 1. The molecule has 110 valence electrons. The summed E-state index contributed by atoms with van der Waals surface area (Å²) in [5.74, 6) is 0.147. The number of hydrogen-bond acceptors (Lipinski definition) is 4. The van der Waals surface area contributed by atoms with Crippen LogP contribution in [0.4, 0.5) is 0 Å². The summed E-state index contributed by atoms with van der Waals surface area (Å²) in [4.78, 5) is 22.4. The van der Waals surface area contributed by atoms with Crippen LogP contribution in [0.5, 0.6) is 5.75 Å². The molecule has 20 heavy (non-hydrogen) atoms. The summed E-state index contributed by atoms with van der Waals surface area (Å²) in [6, 6.07) is 4.64. The topological polar surface area (TPSA) is 64.6 Å². The Morgan fingerprint density at radius 2 is 2.25 bits per heavy atom. The zero-order chi connectivity index (χ0) is 15.0. The van der Waals surface area contributed by atoms with Crippen molar-refractivity contribution >= 4 is 23.8 Å². The number of carbonyl (C=O) groups excluding carboxylic acids is 2. The van der Waals surface area contributed by atoms with Gasteiger partial charge in [0.25, 0.3) is 5.91 Å². The van der Waals surface area contributed by atoms with Crippen LogP contribution in [-0.4, -0.2) is 38.6 Å². The highest BCUT2D eigenvalue weighted by atomic mass is 35.5. The number of amides is 1. The van der Waals surface area contributed by atoms with Gasteiger partial charge in [-0.05, 0) is 31.5 Å². The number of halogens is 1. The van der Waals surface area contributed by atoms with Gasteiger partial charge in [0.05, 0.1) is 5.02 Å². The summed E-state index contributed by atoms with van der Waals surface area (Å²) < 4.78 is 10.4. The normalized spacial score (nSPS) is 11.8. The van der Waals surface area contributed by atoms with Crippen LogP contribution in [0.25, 0.3) is 0 Å². The monoisotopic (exact) mass is 299 g/mol. The van der Waals surface area contributed by atoms with Crippen LogP contribution in [0.3, 0.4) is 0 Å². The number of methoxy groups -OCH3 is 1.